The van der Waals surface area contributed by atoms with E-state index in [4.69, 9.17) is 11.6 Å². The van der Waals surface area contributed by atoms with E-state index in [-0.39, 0.29) is 16.9 Å². The van der Waals surface area contributed by atoms with E-state index in [2.05, 4.69) is 4.98 Å². The molecule has 82 valence electrons. The minimum Gasteiger partial charge on any atom is -0.357 e. The molecule has 1 aromatic rings. The highest BCUT2D eigenvalue weighted by Gasteiger charge is 2.14. The van der Waals surface area contributed by atoms with Crippen LogP contribution in [-0.4, -0.2) is 23.0 Å². The molecule has 15 heavy (non-hydrogen) atoms. The van der Waals surface area contributed by atoms with E-state index in [0.717, 1.165) is 0 Å². The Hall–Kier alpha value is -1.36. The Kier molecular flexibility index (Phi) is 3.47. The first-order valence-electron chi connectivity index (χ1n) is 4.46. The number of nitrogens with zero attached hydrogens (tertiary/aromatic N) is 3. The normalized spacial score (nSPS) is 10.5. The summed E-state index contributed by atoms with van der Waals surface area (Å²) in [7, 11) is 1.81. The number of aromatic nitrogens is 1. The molecule has 0 aliphatic carbocycles. The monoisotopic (exact) mass is 229 g/mol. The summed E-state index contributed by atoms with van der Waals surface area (Å²) in [4.78, 5) is 16.0. The molecule has 0 saturated carbocycles. The summed E-state index contributed by atoms with van der Waals surface area (Å²) in [6.45, 7) is 3.93. The van der Waals surface area contributed by atoms with Gasteiger partial charge in [0.25, 0.3) is 5.69 Å². The number of pyridine rings is 1. The quantitative estimate of drug-likeness (QED) is 0.454. The molecule has 0 unspecified atom stereocenters. The van der Waals surface area contributed by atoms with Gasteiger partial charge in [0.05, 0.1) is 17.1 Å². The van der Waals surface area contributed by atoms with Crippen LogP contribution in [-0.2, 0) is 0 Å². The van der Waals surface area contributed by atoms with Crippen LogP contribution in [0.3, 0.4) is 0 Å². The molecule has 0 spiro atoms. The molecule has 6 heteroatoms. The van der Waals surface area contributed by atoms with Crippen molar-refractivity contribution in [1.82, 2.24) is 4.98 Å². The van der Waals surface area contributed by atoms with E-state index < -0.39 is 4.92 Å². The summed E-state index contributed by atoms with van der Waals surface area (Å²) >= 11 is 5.70. The Morgan fingerprint density at radius 2 is 2.13 bits per heavy atom. The minimum atomic E-state index is -0.481. The molecule has 1 aromatic heterocycles. The highest BCUT2D eigenvalue weighted by Crippen LogP contribution is 2.23. The van der Waals surface area contributed by atoms with Crippen molar-refractivity contribution in [3.63, 3.8) is 0 Å². The van der Waals surface area contributed by atoms with Crippen molar-refractivity contribution in [2.75, 3.05) is 11.9 Å². The van der Waals surface area contributed by atoms with Crippen LogP contribution in [0.25, 0.3) is 0 Å². The SMILES string of the molecule is CC(C)N(C)c1cc([N+](=O)[O-])cc(Cl)n1. The summed E-state index contributed by atoms with van der Waals surface area (Å²) in [6.07, 6.45) is 0. The van der Waals surface area contributed by atoms with Crippen LogP contribution in [0.5, 0.6) is 0 Å². The highest BCUT2D eigenvalue weighted by molar-refractivity contribution is 6.29. The molecular weight excluding hydrogens is 218 g/mol. The highest BCUT2D eigenvalue weighted by atomic mass is 35.5. The Morgan fingerprint density at radius 1 is 1.53 bits per heavy atom. The third-order valence-corrected chi connectivity index (χ3v) is 2.31. The van der Waals surface area contributed by atoms with Gasteiger partial charge in [0, 0.05) is 13.1 Å². The smallest absolute Gasteiger partial charge is 0.276 e. The number of nitro groups is 1. The van der Waals surface area contributed by atoms with Gasteiger partial charge < -0.3 is 4.90 Å². The predicted octanol–water partition coefficient (Wildman–Crippen LogP) is 2.49. The first-order chi connectivity index (χ1) is 6.91. The van der Waals surface area contributed by atoms with Crippen LogP contribution in [0.1, 0.15) is 13.8 Å². The molecule has 1 rings (SSSR count). The first-order valence-corrected chi connectivity index (χ1v) is 4.84. The average molecular weight is 230 g/mol. The molecule has 0 radical (unpaired) electrons. The molecule has 0 fully saturated rings. The fourth-order valence-corrected chi connectivity index (χ4v) is 1.22. The third kappa shape index (κ3) is 2.79. The van der Waals surface area contributed by atoms with Gasteiger partial charge in [-0.3, -0.25) is 10.1 Å². The largest absolute Gasteiger partial charge is 0.357 e. The fraction of sp³-hybridized carbons (Fsp3) is 0.444. The van der Waals surface area contributed by atoms with Crippen molar-refractivity contribution in [3.05, 3.63) is 27.4 Å². The molecule has 0 aliphatic heterocycles. The van der Waals surface area contributed by atoms with Crippen LogP contribution < -0.4 is 4.90 Å². The van der Waals surface area contributed by atoms with E-state index in [1.807, 2.05) is 25.8 Å². The Labute approximate surface area is 92.8 Å². The molecule has 0 aromatic carbocycles. The maximum absolute atomic E-state index is 10.6. The lowest BCUT2D eigenvalue weighted by atomic mass is 10.3. The first kappa shape index (κ1) is 11.7. The number of halogens is 1. The fourth-order valence-electron chi connectivity index (χ4n) is 1.02. The van der Waals surface area contributed by atoms with E-state index in [9.17, 15) is 10.1 Å². The summed E-state index contributed by atoms with van der Waals surface area (Å²) in [5.41, 5.74) is -0.0440. The van der Waals surface area contributed by atoms with Crippen LogP contribution in [0, 0.1) is 10.1 Å². The van der Waals surface area contributed by atoms with Gasteiger partial charge in [-0.15, -0.1) is 0 Å². The number of hydrogen-bond donors (Lipinski definition) is 0. The average Bonchev–Trinajstić information content (AvgIpc) is 2.15. The van der Waals surface area contributed by atoms with E-state index >= 15 is 0 Å². The number of rotatable bonds is 3. The van der Waals surface area contributed by atoms with Gasteiger partial charge in [0.1, 0.15) is 11.0 Å². The lowest BCUT2D eigenvalue weighted by molar-refractivity contribution is -0.384. The molecule has 0 atom stereocenters. The Morgan fingerprint density at radius 3 is 2.60 bits per heavy atom. The van der Waals surface area contributed by atoms with Crippen LogP contribution >= 0.6 is 11.6 Å². The van der Waals surface area contributed by atoms with Crippen molar-refractivity contribution in [1.29, 1.82) is 0 Å². The lowest BCUT2D eigenvalue weighted by Gasteiger charge is -2.22. The molecule has 0 amide bonds. The molecule has 5 nitrogen and oxygen atoms in total. The topological polar surface area (TPSA) is 59.3 Å². The number of anilines is 1. The standard InChI is InChI=1S/C9H12ClN3O2/c1-6(2)12(3)9-5-7(13(14)15)4-8(10)11-9/h4-6H,1-3H3. The zero-order valence-electron chi connectivity index (χ0n) is 8.77. The molecule has 0 N–H and O–H groups in total. The Bertz CT molecular complexity index is 382. The van der Waals surface area contributed by atoms with Gasteiger partial charge in [0.15, 0.2) is 0 Å². The zero-order valence-corrected chi connectivity index (χ0v) is 9.52. The summed E-state index contributed by atoms with van der Waals surface area (Å²) in [5.74, 6) is 0.504. The van der Waals surface area contributed by atoms with Gasteiger partial charge in [-0.25, -0.2) is 4.98 Å². The van der Waals surface area contributed by atoms with Crippen molar-refractivity contribution in [2.24, 2.45) is 0 Å². The maximum Gasteiger partial charge on any atom is 0.276 e. The second-order valence-corrected chi connectivity index (χ2v) is 3.86. The van der Waals surface area contributed by atoms with Crippen LogP contribution in [0.4, 0.5) is 11.5 Å². The van der Waals surface area contributed by atoms with Crippen molar-refractivity contribution < 1.29 is 4.92 Å². The van der Waals surface area contributed by atoms with Crippen molar-refractivity contribution in [3.8, 4) is 0 Å². The number of hydrogen-bond acceptors (Lipinski definition) is 4. The second kappa shape index (κ2) is 4.44. The van der Waals surface area contributed by atoms with Crippen molar-refractivity contribution >= 4 is 23.1 Å². The molecular formula is C9H12ClN3O2. The van der Waals surface area contributed by atoms with E-state index in [1.54, 1.807) is 0 Å². The minimum absolute atomic E-state index is 0.0440. The predicted molar refractivity (Wildman–Crippen MR) is 59.4 cm³/mol. The molecule has 0 aliphatic rings. The van der Waals surface area contributed by atoms with Gasteiger partial charge in [-0.1, -0.05) is 11.6 Å². The second-order valence-electron chi connectivity index (χ2n) is 3.47. The van der Waals surface area contributed by atoms with Gasteiger partial charge in [-0.2, -0.15) is 0 Å². The van der Waals surface area contributed by atoms with Crippen LogP contribution in [0.2, 0.25) is 5.15 Å². The summed E-state index contributed by atoms with van der Waals surface area (Å²) in [5, 5.41) is 10.7. The van der Waals surface area contributed by atoms with E-state index in [0.29, 0.717) is 5.82 Å². The maximum atomic E-state index is 10.6. The van der Waals surface area contributed by atoms with Gasteiger partial charge in [-0.05, 0) is 13.8 Å². The lowest BCUT2D eigenvalue weighted by Crippen LogP contribution is -2.26. The molecule has 0 bridgehead atoms. The Balaban J connectivity index is 3.14. The molecule has 1 heterocycles. The third-order valence-electron chi connectivity index (χ3n) is 2.11. The van der Waals surface area contributed by atoms with Crippen LogP contribution in [0.15, 0.2) is 12.1 Å². The summed E-state index contributed by atoms with van der Waals surface area (Å²) < 4.78 is 0. The van der Waals surface area contributed by atoms with Gasteiger partial charge in [0.2, 0.25) is 0 Å². The van der Waals surface area contributed by atoms with Gasteiger partial charge >= 0.3 is 0 Å². The van der Waals surface area contributed by atoms with Crippen molar-refractivity contribution in [2.45, 2.75) is 19.9 Å². The van der Waals surface area contributed by atoms with E-state index in [1.165, 1.54) is 12.1 Å². The summed E-state index contributed by atoms with van der Waals surface area (Å²) in [6, 6.07) is 2.85. The molecule has 0 saturated heterocycles. The zero-order chi connectivity index (χ0) is 11.6.